The summed E-state index contributed by atoms with van der Waals surface area (Å²) in [5.74, 6) is -0.538. The number of thiazole rings is 1. The molecule has 1 aromatic heterocycles. The Kier molecular flexibility index (Phi) is 8.06. The highest BCUT2D eigenvalue weighted by Gasteiger charge is 2.17. The van der Waals surface area contributed by atoms with Gasteiger partial charge in [0.25, 0.3) is 11.5 Å². The maximum atomic E-state index is 13.4. The van der Waals surface area contributed by atoms with Crippen LogP contribution < -0.4 is 20.1 Å². The molecule has 32 heavy (non-hydrogen) atoms. The maximum Gasteiger partial charge on any atom is 0.273 e. The molecular formula is C24H23N3O3S2. The standard InChI is InChI=1S/C24H23N3O3S2/c1-16-6-4-5-7-20(16)27-23(29)21(14-17-8-10-18(31-3)11-9-17)32-24(27)19(15-25)22(28)26-12-13-30-2/h4-11,14H,12-13H2,1-3H3,(H,26,28)/b21-14-,24-19-. The van der Waals surface area contributed by atoms with Crippen molar-refractivity contribution in [1.82, 2.24) is 9.88 Å². The van der Waals surface area contributed by atoms with E-state index in [9.17, 15) is 14.9 Å². The van der Waals surface area contributed by atoms with Gasteiger partial charge in [-0.3, -0.25) is 14.2 Å². The van der Waals surface area contributed by atoms with E-state index in [0.29, 0.717) is 21.5 Å². The minimum atomic E-state index is -0.538. The number of hydrogen-bond acceptors (Lipinski definition) is 6. The number of nitrogens with one attached hydrogen (secondary N) is 1. The second kappa shape index (κ2) is 11.0. The summed E-state index contributed by atoms with van der Waals surface area (Å²) in [5, 5.41) is 12.5. The number of thioether (sulfide) groups is 1. The van der Waals surface area contributed by atoms with Gasteiger partial charge in [-0.25, -0.2) is 0 Å². The van der Waals surface area contributed by atoms with Gasteiger partial charge in [-0.2, -0.15) is 5.26 Å². The normalized spacial score (nSPS) is 12.4. The Morgan fingerprint density at radius 2 is 1.97 bits per heavy atom. The van der Waals surface area contributed by atoms with Gasteiger partial charge in [0.1, 0.15) is 10.7 Å². The summed E-state index contributed by atoms with van der Waals surface area (Å²) in [5.41, 5.74) is 1.99. The number of nitriles is 1. The van der Waals surface area contributed by atoms with Crippen molar-refractivity contribution in [2.45, 2.75) is 11.8 Å². The Labute approximate surface area is 194 Å². The van der Waals surface area contributed by atoms with E-state index in [1.54, 1.807) is 17.8 Å². The Morgan fingerprint density at radius 1 is 1.25 bits per heavy atom. The molecule has 3 rings (SSSR count). The molecular weight excluding hydrogens is 442 g/mol. The predicted octanol–water partition coefficient (Wildman–Crippen LogP) is 2.19. The molecule has 0 radical (unpaired) electrons. The number of ether oxygens (including phenoxy) is 1. The third kappa shape index (κ3) is 5.19. The largest absolute Gasteiger partial charge is 0.383 e. The lowest BCUT2D eigenvalue weighted by Gasteiger charge is -2.07. The van der Waals surface area contributed by atoms with Crippen LogP contribution in [0.3, 0.4) is 0 Å². The quantitative estimate of drug-likeness (QED) is 0.427. The SMILES string of the molecule is COCCNC(=O)/C(C#N)=c1\s/c(=C\c2ccc(SC)cc2)c(=O)n1-c1ccccc1C. The molecule has 3 aromatic rings. The molecule has 0 atom stereocenters. The number of aryl methyl sites for hydroxylation is 1. The van der Waals surface area contributed by atoms with Crippen molar-refractivity contribution < 1.29 is 9.53 Å². The number of nitrogens with zero attached hydrogens (tertiary/aromatic N) is 2. The lowest BCUT2D eigenvalue weighted by molar-refractivity contribution is -0.115. The van der Waals surface area contributed by atoms with Crippen LogP contribution in [-0.2, 0) is 9.53 Å². The molecule has 1 heterocycles. The molecule has 0 aliphatic rings. The van der Waals surface area contributed by atoms with Gasteiger partial charge in [0.2, 0.25) is 0 Å². The highest BCUT2D eigenvalue weighted by atomic mass is 32.2. The Balaban J connectivity index is 2.28. The first-order valence-corrected chi connectivity index (χ1v) is 11.9. The van der Waals surface area contributed by atoms with Crippen molar-refractivity contribution in [3.63, 3.8) is 0 Å². The number of carbonyl (C=O) groups excluding carboxylic acids is 1. The summed E-state index contributed by atoms with van der Waals surface area (Å²) < 4.78 is 7.16. The average Bonchev–Trinajstić information content (AvgIpc) is 3.11. The number of benzene rings is 2. The first-order chi connectivity index (χ1) is 15.5. The summed E-state index contributed by atoms with van der Waals surface area (Å²) >= 11 is 2.77. The number of hydrogen-bond donors (Lipinski definition) is 1. The number of carbonyl (C=O) groups is 1. The summed E-state index contributed by atoms with van der Waals surface area (Å²) in [6.07, 6.45) is 3.79. The minimum absolute atomic E-state index is 0.108. The van der Waals surface area contributed by atoms with E-state index >= 15 is 0 Å². The van der Waals surface area contributed by atoms with Crippen LogP contribution in [0.25, 0.3) is 17.3 Å². The van der Waals surface area contributed by atoms with E-state index < -0.39 is 5.91 Å². The van der Waals surface area contributed by atoms with Gasteiger partial charge in [0.05, 0.1) is 16.8 Å². The van der Waals surface area contributed by atoms with E-state index in [-0.39, 0.29) is 17.7 Å². The average molecular weight is 466 g/mol. The maximum absolute atomic E-state index is 13.4. The molecule has 0 saturated heterocycles. The van der Waals surface area contributed by atoms with Crippen molar-refractivity contribution in [2.24, 2.45) is 0 Å². The number of rotatable bonds is 7. The van der Waals surface area contributed by atoms with E-state index in [1.165, 1.54) is 11.7 Å². The fourth-order valence-corrected chi connectivity index (χ4v) is 4.59. The van der Waals surface area contributed by atoms with Crippen LogP contribution in [-0.4, -0.2) is 37.0 Å². The van der Waals surface area contributed by atoms with Crippen molar-refractivity contribution in [1.29, 1.82) is 5.26 Å². The van der Waals surface area contributed by atoms with Gasteiger partial charge in [-0.1, -0.05) is 30.3 Å². The van der Waals surface area contributed by atoms with Crippen molar-refractivity contribution >= 4 is 40.7 Å². The van der Waals surface area contributed by atoms with Crippen molar-refractivity contribution in [3.8, 4) is 11.8 Å². The Morgan fingerprint density at radius 3 is 2.59 bits per heavy atom. The first kappa shape index (κ1) is 23.5. The van der Waals surface area contributed by atoms with Crippen LogP contribution in [0.2, 0.25) is 0 Å². The molecule has 0 unspecified atom stereocenters. The molecule has 6 nitrogen and oxygen atoms in total. The zero-order chi connectivity index (χ0) is 23.1. The number of aromatic nitrogens is 1. The smallest absolute Gasteiger partial charge is 0.273 e. The molecule has 1 amide bonds. The van der Waals surface area contributed by atoms with Gasteiger partial charge in [0.15, 0.2) is 5.57 Å². The molecule has 164 valence electrons. The molecule has 0 aliphatic carbocycles. The van der Waals surface area contributed by atoms with Crippen LogP contribution in [0.15, 0.2) is 58.2 Å². The lowest BCUT2D eigenvalue weighted by atomic mass is 10.2. The van der Waals surface area contributed by atoms with Crippen LogP contribution in [0, 0.1) is 18.3 Å². The third-order valence-corrected chi connectivity index (χ3v) is 6.57. The molecule has 0 fully saturated rings. The summed E-state index contributed by atoms with van der Waals surface area (Å²) in [7, 11) is 1.53. The van der Waals surface area contributed by atoms with E-state index in [0.717, 1.165) is 27.4 Å². The molecule has 0 saturated carbocycles. The zero-order valence-corrected chi connectivity index (χ0v) is 19.7. The highest BCUT2D eigenvalue weighted by Crippen LogP contribution is 2.15. The van der Waals surface area contributed by atoms with Gasteiger partial charge >= 0.3 is 0 Å². The minimum Gasteiger partial charge on any atom is -0.383 e. The number of para-hydroxylation sites is 1. The van der Waals surface area contributed by atoms with Gasteiger partial charge in [-0.05, 0) is 48.6 Å². The highest BCUT2D eigenvalue weighted by molar-refractivity contribution is 7.98. The molecule has 0 spiro atoms. The summed E-state index contributed by atoms with van der Waals surface area (Å²) in [4.78, 5) is 27.3. The van der Waals surface area contributed by atoms with Crippen molar-refractivity contribution in [3.05, 3.63) is 79.2 Å². The van der Waals surface area contributed by atoms with Gasteiger partial charge in [0, 0.05) is 18.6 Å². The van der Waals surface area contributed by atoms with Gasteiger partial charge in [-0.15, -0.1) is 23.1 Å². The second-order valence-electron chi connectivity index (χ2n) is 6.85. The monoisotopic (exact) mass is 465 g/mol. The van der Waals surface area contributed by atoms with E-state index in [4.69, 9.17) is 4.74 Å². The third-order valence-electron chi connectivity index (χ3n) is 4.74. The van der Waals surface area contributed by atoms with Crippen LogP contribution in [0.1, 0.15) is 11.1 Å². The molecule has 0 aliphatic heterocycles. The van der Waals surface area contributed by atoms with Crippen LogP contribution >= 0.6 is 23.1 Å². The first-order valence-electron chi connectivity index (χ1n) is 9.85. The van der Waals surface area contributed by atoms with E-state index in [2.05, 4.69) is 5.32 Å². The number of methoxy groups -OCH3 is 1. The molecule has 1 N–H and O–H groups in total. The van der Waals surface area contributed by atoms with Gasteiger partial charge < -0.3 is 10.1 Å². The molecule has 0 bridgehead atoms. The molecule has 2 aromatic carbocycles. The number of amides is 1. The van der Waals surface area contributed by atoms with E-state index in [1.807, 2.05) is 67.8 Å². The second-order valence-corrected chi connectivity index (χ2v) is 8.76. The zero-order valence-electron chi connectivity index (χ0n) is 18.0. The fourth-order valence-electron chi connectivity index (χ4n) is 3.09. The molecule has 8 heteroatoms. The van der Waals surface area contributed by atoms with Crippen LogP contribution in [0.5, 0.6) is 0 Å². The topological polar surface area (TPSA) is 84.1 Å². The Hall–Kier alpha value is -3.12. The van der Waals surface area contributed by atoms with Crippen molar-refractivity contribution in [2.75, 3.05) is 26.5 Å². The lowest BCUT2D eigenvalue weighted by Crippen LogP contribution is -2.35. The fraction of sp³-hybridized carbons (Fsp3) is 0.208. The predicted molar refractivity (Wildman–Crippen MR) is 130 cm³/mol. The summed E-state index contributed by atoms with van der Waals surface area (Å²) in [6.45, 7) is 2.48. The summed E-state index contributed by atoms with van der Waals surface area (Å²) in [6, 6.07) is 17.2. The Bertz CT molecular complexity index is 1330. The van der Waals surface area contributed by atoms with Crippen LogP contribution in [0.4, 0.5) is 0 Å².